The second-order valence-corrected chi connectivity index (χ2v) is 8.42. The van der Waals surface area contributed by atoms with Crippen molar-refractivity contribution in [2.75, 3.05) is 20.2 Å². The summed E-state index contributed by atoms with van der Waals surface area (Å²) >= 11 is 0. The monoisotopic (exact) mass is 427 g/mol. The number of rotatable bonds is 4. The van der Waals surface area contributed by atoms with E-state index in [0.717, 1.165) is 5.56 Å². The van der Waals surface area contributed by atoms with Crippen LogP contribution in [0.5, 0.6) is 5.75 Å². The number of aliphatic hydroxyl groups excluding tert-OH is 1. The number of halogens is 1. The minimum absolute atomic E-state index is 0.0864. The van der Waals surface area contributed by atoms with E-state index in [0.29, 0.717) is 37.2 Å². The molecule has 2 aromatic carbocycles. The van der Waals surface area contributed by atoms with Crippen LogP contribution >= 0.6 is 0 Å². The zero-order valence-corrected chi connectivity index (χ0v) is 17.6. The molecule has 0 bridgehead atoms. The van der Waals surface area contributed by atoms with Gasteiger partial charge in [0.2, 0.25) is 0 Å². The van der Waals surface area contributed by atoms with Crippen molar-refractivity contribution in [2.24, 2.45) is 11.8 Å². The lowest BCUT2D eigenvalue weighted by Crippen LogP contribution is -2.42. The lowest BCUT2D eigenvalue weighted by Gasteiger charge is -2.35. The molecule has 1 aliphatic carbocycles. The van der Waals surface area contributed by atoms with Crippen molar-refractivity contribution < 1.29 is 28.6 Å². The fraction of sp³-hybridized carbons (Fsp3) is 0.417. The van der Waals surface area contributed by atoms with Crippen LogP contribution in [0.4, 0.5) is 4.39 Å². The lowest BCUT2D eigenvalue weighted by molar-refractivity contribution is -0.0231. The highest BCUT2D eigenvalue weighted by atomic mass is 19.1. The first-order chi connectivity index (χ1) is 14.9. The van der Waals surface area contributed by atoms with Crippen LogP contribution in [0.3, 0.4) is 0 Å². The molecule has 1 N–H and O–H groups in total. The number of ether oxygens (including phenoxy) is 2. The summed E-state index contributed by atoms with van der Waals surface area (Å²) in [7, 11) is 1.32. The first-order valence-electron chi connectivity index (χ1n) is 10.4. The van der Waals surface area contributed by atoms with E-state index >= 15 is 0 Å². The molecule has 0 aromatic heterocycles. The van der Waals surface area contributed by atoms with Gasteiger partial charge in [-0.25, -0.2) is 9.18 Å². The summed E-state index contributed by atoms with van der Waals surface area (Å²) in [5.74, 6) is -0.335. The molecule has 0 spiro atoms. The Morgan fingerprint density at radius 3 is 2.39 bits per heavy atom. The minimum Gasteiger partial charge on any atom is -0.488 e. The molecule has 7 heteroatoms. The number of hydrogen-bond donors (Lipinski definition) is 1. The van der Waals surface area contributed by atoms with Crippen molar-refractivity contribution in [2.45, 2.75) is 32.0 Å². The Morgan fingerprint density at radius 2 is 1.74 bits per heavy atom. The van der Waals surface area contributed by atoms with Crippen molar-refractivity contribution in [3.63, 3.8) is 0 Å². The predicted molar refractivity (Wildman–Crippen MR) is 111 cm³/mol. The van der Waals surface area contributed by atoms with Crippen LogP contribution in [-0.2, 0) is 4.74 Å². The number of benzene rings is 2. The molecule has 1 saturated carbocycles. The molecule has 2 aliphatic rings. The fourth-order valence-corrected chi connectivity index (χ4v) is 4.61. The SMILES string of the molecule is COC(=O)c1ccc(O[C@H]2C[C@@H]3CN(C(=O)c4ccc(C)cc4F)C[C@@H]3C[C@@H]2O)cc1. The second kappa shape index (κ2) is 8.67. The summed E-state index contributed by atoms with van der Waals surface area (Å²) in [6.07, 6.45) is 0.0598. The van der Waals surface area contributed by atoms with E-state index in [4.69, 9.17) is 4.74 Å². The number of methoxy groups -OCH3 is 1. The molecule has 1 amide bonds. The van der Waals surface area contributed by atoms with Gasteiger partial charge in [-0.1, -0.05) is 6.07 Å². The van der Waals surface area contributed by atoms with Gasteiger partial charge in [-0.3, -0.25) is 4.79 Å². The Kier molecular flexibility index (Phi) is 5.96. The first-order valence-corrected chi connectivity index (χ1v) is 10.4. The second-order valence-electron chi connectivity index (χ2n) is 8.42. The molecule has 31 heavy (non-hydrogen) atoms. The van der Waals surface area contributed by atoms with E-state index < -0.39 is 24.0 Å². The van der Waals surface area contributed by atoms with E-state index in [2.05, 4.69) is 4.74 Å². The zero-order chi connectivity index (χ0) is 22.1. The Hall–Kier alpha value is -2.93. The summed E-state index contributed by atoms with van der Waals surface area (Å²) in [6, 6.07) is 11.2. The van der Waals surface area contributed by atoms with Crippen LogP contribution in [0.25, 0.3) is 0 Å². The maximum atomic E-state index is 14.3. The summed E-state index contributed by atoms with van der Waals surface area (Å²) in [5.41, 5.74) is 1.28. The summed E-state index contributed by atoms with van der Waals surface area (Å²) in [4.78, 5) is 26.1. The predicted octanol–water partition coefficient (Wildman–Crippen LogP) is 3.21. The van der Waals surface area contributed by atoms with Crippen LogP contribution in [0.15, 0.2) is 42.5 Å². The molecule has 164 valence electrons. The summed E-state index contributed by atoms with van der Waals surface area (Å²) < 4.78 is 24.9. The highest BCUT2D eigenvalue weighted by molar-refractivity contribution is 5.94. The van der Waals surface area contributed by atoms with Crippen molar-refractivity contribution in [3.05, 3.63) is 65.0 Å². The Balaban J connectivity index is 1.41. The quantitative estimate of drug-likeness (QED) is 0.759. The maximum Gasteiger partial charge on any atom is 0.337 e. The molecular formula is C24H26FNO5. The highest BCUT2D eigenvalue weighted by Crippen LogP contribution is 2.38. The molecule has 6 nitrogen and oxygen atoms in total. The summed E-state index contributed by atoms with van der Waals surface area (Å²) in [6.45, 7) is 2.81. The standard InChI is InChI=1S/C24H26FNO5/c1-14-3-8-19(20(25)9-14)23(28)26-12-16-10-21(27)22(11-17(16)13-26)31-18-6-4-15(5-7-18)24(29)30-2/h3-9,16-17,21-22,27H,10-13H2,1-2H3/t16-,17+,21-,22-/m0/s1. The zero-order valence-electron chi connectivity index (χ0n) is 17.6. The highest BCUT2D eigenvalue weighted by Gasteiger charge is 2.44. The smallest absolute Gasteiger partial charge is 0.337 e. The molecule has 4 rings (SSSR count). The van der Waals surface area contributed by atoms with Crippen molar-refractivity contribution in [3.8, 4) is 5.75 Å². The normalized spacial score (nSPS) is 25.1. The fourth-order valence-electron chi connectivity index (χ4n) is 4.61. The average molecular weight is 427 g/mol. The molecule has 2 aromatic rings. The number of esters is 1. The number of carbonyl (C=O) groups is 2. The van der Waals surface area contributed by atoms with Crippen LogP contribution in [0.2, 0.25) is 0 Å². The van der Waals surface area contributed by atoms with E-state index in [-0.39, 0.29) is 23.3 Å². The number of likely N-dealkylation sites (tertiary alicyclic amines) is 1. The van der Waals surface area contributed by atoms with Crippen molar-refractivity contribution >= 4 is 11.9 Å². The van der Waals surface area contributed by atoms with Gasteiger partial charge in [0.05, 0.1) is 24.3 Å². The van der Waals surface area contributed by atoms with Crippen LogP contribution < -0.4 is 4.74 Å². The van der Waals surface area contributed by atoms with Gasteiger partial charge in [-0.15, -0.1) is 0 Å². The van der Waals surface area contributed by atoms with Crippen LogP contribution in [0.1, 0.15) is 39.1 Å². The minimum atomic E-state index is -0.660. The summed E-state index contributed by atoms with van der Waals surface area (Å²) in [5, 5.41) is 10.6. The molecule has 1 aliphatic heterocycles. The molecule has 4 atom stereocenters. The number of aryl methyl sites for hydroxylation is 1. The van der Waals surface area contributed by atoms with Crippen LogP contribution in [-0.4, -0.2) is 54.3 Å². The van der Waals surface area contributed by atoms with Gasteiger partial charge in [0.25, 0.3) is 5.91 Å². The van der Waals surface area contributed by atoms with Gasteiger partial charge in [-0.05, 0) is 73.6 Å². The average Bonchev–Trinajstić information content (AvgIpc) is 3.16. The number of hydrogen-bond acceptors (Lipinski definition) is 5. The third-order valence-corrected chi connectivity index (χ3v) is 6.29. The molecular weight excluding hydrogens is 401 g/mol. The molecule has 2 fully saturated rings. The van der Waals surface area contributed by atoms with Crippen LogP contribution in [0, 0.1) is 24.6 Å². The molecule has 1 heterocycles. The number of aliphatic hydroxyl groups is 1. The first kappa shape index (κ1) is 21.3. The van der Waals surface area contributed by atoms with E-state index in [1.54, 1.807) is 42.2 Å². The topological polar surface area (TPSA) is 76.1 Å². The number of fused-ring (bicyclic) bond motifs is 1. The number of nitrogens with zero attached hydrogens (tertiary/aromatic N) is 1. The third kappa shape index (κ3) is 4.42. The van der Waals surface area contributed by atoms with Gasteiger partial charge in [0.15, 0.2) is 0 Å². The number of amides is 1. The lowest BCUT2D eigenvalue weighted by atomic mass is 9.78. The van der Waals surface area contributed by atoms with E-state index in [1.807, 2.05) is 0 Å². The van der Waals surface area contributed by atoms with Gasteiger partial charge in [0, 0.05) is 13.1 Å². The van der Waals surface area contributed by atoms with Gasteiger partial charge in [-0.2, -0.15) is 0 Å². The Bertz CT molecular complexity index is 976. The van der Waals surface area contributed by atoms with Gasteiger partial charge < -0.3 is 19.5 Å². The molecule has 1 saturated heterocycles. The van der Waals surface area contributed by atoms with Gasteiger partial charge >= 0.3 is 5.97 Å². The third-order valence-electron chi connectivity index (χ3n) is 6.29. The van der Waals surface area contributed by atoms with Crippen molar-refractivity contribution in [1.82, 2.24) is 4.90 Å². The van der Waals surface area contributed by atoms with Gasteiger partial charge in [0.1, 0.15) is 17.7 Å². The molecule has 0 radical (unpaired) electrons. The van der Waals surface area contributed by atoms with E-state index in [1.165, 1.54) is 19.2 Å². The van der Waals surface area contributed by atoms with E-state index in [9.17, 15) is 19.1 Å². The van der Waals surface area contributed by atoms with Crippen molar-refractivity contribution in [1.29, 1.82) is 0 Å². The maximum absolute atomic E-state index is 14.3. The Labute approximate surface area is 180 Å². The molecule has 0 unspecified atom stereocenters. The largest absolute Gasteiger partial charge is 0.488 e. The number of carbonyl (C=O) groups excluding carboxylic acids is 2. The Morgan fingerprint density at radius 1 is 1.06 bits per heavy atom.